The second-order valence-electron chi connectivity index (χ2n) is 7.24. The monoisotopic (exact) mass is 382 g/mol. The summed E-state index contributed by atoms with van der Waals surface area (Å²) in [5.74, 6) is 1.66. The summed E-state index contributed by atoms with van der Waals surface area (Å²) < 4.78 is 7.27. The first-order chi connectivity index (χ1) is 14.3. The highest BCUT2D eigenvalue weighted by Crippen LogP contribution is 2.38. The number of ether oxygens (including phenoxy) is 1. The number of anilines is 1. The Labute approximate surface area is 170 Å². The third-order valence-electron chi connectivity index (χ3n) is 5.55. The SMILES string of the molecule is COc1ccc([C@H]2C[C@@H](c3ccc(-c4ccccc4)cc3)Nc3ncnn32)cc1. The van der Waals surface area contributed by atoms with Gasteiger partial charge in [-0.15, -0.1) is 0 Å². The lowest BCUT2D eigenvalue weighted by atomic mass is 9.92. The number of fused-ring (bicyclic) bond motifs is 1. The van der Waals surface area contributed by atoms with Crippen LogP contribution >= 0.6 is 0 Å². The lowest BCUT2D eigenvalue weighted by Crippen LogP contribution is -2.28. The molecule has 5 nitrogen and oxygen atoms in total. The van der Waals surface area contributed by atoms with Crippen LogP contribution in [0.5, 0.6) is 5.75 Å². The Kier molecular flexibility index (Phi) is 4.48. The van der Waals surface area contributed by atoms with E-state index in [1.165, 1.54) is 22.3 Å². The minimum atomic E-state index is 0.124. The Morgan fingerprint density at radius 2 is 1.55 bits per heavy atom. The molecule has 0 fully saturated rings. The number of nitrogens with zero attached hydrogens (tertiary/aromatic N) is 3. The molecular formula is C24H22N4O. The molecule has 3 aromatic carbocycles. The van der Waals surface area contributed by atoms with Gasteiger partial charge in [0.15, 0.2) is 0 Å². The fourth-order valence-electron chi connectivity index (χ4n) is 3.98. The van der Waals surface area contributed by atoms with E-state index in [0.717, 1.165) is 18.1 Å². The molecule has 144 valence electrons. The highest BCUT2D eigenvalue weighted by atomic mass is 16.5. The quantitative estimate of drug-likeness (QED) is 0.533. The van der Waals surface area contributed by atoms with Crippen LogP contribution in [0.3, 0.4) is 0 Å². The summed E-state index contributed by atoms with van der Waals surface area (Å²) in [6, 6.07) is 27.7. The average Bonchev–Trinajstić information content (AvgIpc) is 3.28. The standard InChI is InChI=1S/C24H22N4O/c1-29-21-13-11-20(12-14-21)23-15-22(27-24-25-16-26-28(23)24)19-9-7-18(8-10-19)17-5-3-2-4-6-17/h2-14,16,22-23H,15H2,1H3,(H,25,26,27)/t22-,23+/m0/s1. The Balaban J connectivity index is 1.44. The zero-order valence-electron chi connectivity index (χ0n) is 16.2. The maximum Gasteiger partial charge on any atom is 0.222 e. The zero-order chi connectivity index (χ0) is 19.6. The van der Waals surface area contributed by atoms with E-state index >= 15 is 0 Å². The molecule has 5 rings (SSSR count). The number of benzene rings is 3. The molecule has 0 saturated heterocycles. The molecule has 2 atom stereocenters. The van der Waals surface area contributed by atoms with E-state index in [4.69, 9.17) is 4.74 Å². The first-order valence-electron chi connectivity index (χ1n) is 9.77. The predicted molar refractivity (Wildman–Crippen MR) is 114 cm³/mol. The smallest absolute Gasteiger partial charge is 0.222 e. The van der Waals surface area contributed by atoms with Crippen molar-refractivity contribution in [2.24, 2.45) is 0 Å². The van der Waals surface area contributed by atoms with Crippen LogP contribution in [-0.4, -0.2) is 21.9 Å². The van der Waals surface area contributed by atoms with Crippen molar-refractivity contribution in [1.29, 1.82) is 0 Å². The first-order valence-corrected chi connectivity index (χ1v) is 9.77. The number of rotatable bonds is 4. The van der Waals surface area contributed by atoms with Gasteiger partial charge in [-0.3, -0.25) is 0 Å². The molecule has 0 saturated carbocycles. The van der Waals surface area contributed by atoms with Crippen LogP contribution in [0.4, 0.5) is 5.95 Å². The molecule has 1 aliphatic rings. The van der Waals surface area contributed by atoms with E-state index in [2.05, 4.69) is 76.1 Å². The van der Waals surface area contributed by atoms with Gasteiger partial charge < -0.3 is 10.1 Å². The molecular weight excluding hydrogens is 360 g/mol. The van der Waals surface area contributed by atoms with Crippen LogP contribution in [0.2, 0.25) is 0 Å². The van der Waals surface area contributed by atoms with Crippen molar-refractivity contribution in [2.75, 3.05) is 12.4 Å². The normalized spacial score (nSPS) is 18.0. The van der Waals surface area contributed by atoms with Crippen molar-refractivity contribution in [1.82, 2.24) is 14.8 Å². The number of aromatic nitrogens is 3. The Bertz CT molecular complexity index is 1090. The van der Waals surface area contributed by atoms with Crippen LogP contribution in [-0.2, 0) is 0 Å². The Hall–Kier alpha value is -3.60. The van der Waals surface area contributed by atoms with Gasteiger partial charge >= 0.3 is 0 Å². The number of hydrogen-bond acceptors (Lipinski definition) is 4. The molecule has 5 heteroatoms. The van der Waals surface area contributed by atoms with E-state index < -0.39 is 0 Å². The minimum Gasteiger partial charge on any atom is -0.497 e. The molecule has 4 aromatic rings. The van der Waals surface area contributed by atoms with E-state index in [1.807, 2.05) is 22.9 Å². The molecule has 0 spiro atoms. The third-order valence-corrected chi connectivity index (χ3v) is 5.55. The Morgan fingerprint density at radius 3 is 2.28 bits per heavy atom. The summed E-state index contributed by atoms with van der Waals surface area (Å²) in [7, 11) is 1.68. The fourth-order valence-corrected chi connectivity index (χ4v) is 3.98. The average molecular weight is 382 g/mol. The van der Waals surface area contributed by atoms with Gasteiger partial charge in [-0.25, -0.2) is 4.68 Å². The topological polar surface area (TPSA) is 52.0 Å². The summed E-state index contributed by atoms with van der Waals surface area (Å²) in [6.45, 7) is 0. The summed E-state index contributed by atoms with van der Waals surface area (Å²) in [4.78, 5) is 4.42. The van der Waals surface area contributed by atoms with Crippen LogP contribution < -0.4 is 10.1 Å². The van der Waals surface area contributed by atoms with Crippen molar-refractivity contribution in [2.45, 2.75) is 18.5 Å². The predicted octanol–water partition coefficient (Wildman–Crippen LogP) is 5.10. The lowest BCUT2D eigenvalue weighted by molar-refractivity contribution is 0.411. The van der Waals surface area contributed by atoms with Gasteiger partial charge in [0, 0.05) is 0 Å². The highest BCUT2D eigenvalue weighted by molar-refractivity contribution is 5.63. The summed E-state index contributed by atoms with van der Waals surface area (Å²) in [6.07, 6.45) is 2.51. The van der Waals surface area contributed by atoms with Gasteiger partial charge in [0.2, 0.25) is 5.95 Å². The molecule has 0 radical (unpaired) electrons. The largest absolute Gasteiger partial charge is 0.497 e. The van der Waals surface area contributed by atoms with E-state index in [-0.39, 0.29) is 12.1 Å². The van der Waals surface area contributed by atoms with Gasteiger partial charge in [0.1, 0.15) is 12.1 Å². The number of methoxy groups -OCH3 is 1. The summed E-state index contributed by atoms with van der Waals surface area (Å²) in [5, 5.41) is 7.99. The maximum absolute atomic E-state index is 5.30. The zero-order valence-corrected chi connectivity index (χ0v) is 16.2. The second-order valence-corrected chi connectivity index (χ2v) is 7.24. The van der Waals surface area contributed by atoms with Crippen LogP contribution in [0, 0.1) is 0 Å². The van der Waals surface area contributed by atoms with Crippen molar-refractivity contribution in [3.8, 4) is 16.9 Å². The van der Waals surface area contributed by atoms with Gasteiger partial charge in [0.25, 0.3) is 0 Å². The number of hydrogen-bond donors (Lipinski definition) is 1. The lowest BCUT2D eigenvalue weighted by Gasteiger charge is -2.32. The second kappa shape index (κ2) is 7.43. The maximum atomic E-state index is 5.30. The van der Waals surface area contributed by atoms with Crippen LogP contribution in [0.1, 0.15) is 29.6 Å². The Morgan fingerprint density at radius 1 is 0.862 bits per heavy atom. The fraction of sp³-hybridized carbons (Fsp3) is 0.167. The molecule has 2 heterocycles. The van der Waals surface area contributed by atoms with E-state index in [1.54, 1.807) is 13.4 Å². The van der Waals surface area contributed by atoms with Crippen molar-refractivity contribution >= 4 is 5.95 Å². The highest BCUT2D eigenvalue weighted by Gasteiger charge is 2.29. The molecule has 29 heavy (non-hydrogen) atoms. The van der Waals surface area contributed by atoms with Gasteiger partial charge in [-0.1, -0.05) is 66.7 Å². The minimum absolute atomic E-state index is 0.124. The first kappa shape index (κ1) is 17.5. The molecule has 0 aliphatic carbocycles. The van der Waals surface area contributed by atoms with E-state index in [9.17, 15) is 0 Å². The van der Waals surface area contributed by atoms with Gasteiger partial charge in [-0.2, -0.15) is 10.1 Å². The van der Waals surface area contributed by atoms with Crippen molar-refractivity contribution in [3.63, 3.8) is 0 Å². The molecule has 1 aliphatic heterocycles. The van der Waals surface area contributed by atoms with Crippen LogP contribution in [0.15, 0.2) is 85.2 Å². The number of nitrogens with one attached hydrogen (secondary N) is 1. The van der Waals surface area contributed by atoms with E-state index in [0.29, 0.717) is 0 Å². The van der Waals surface area contributed by atoms with Crippen LogP contribution in [0.25, 0.3) is 11.1 Å². The van der Waals surface area contributed by atoms with Gasteiger partial charge in [0.05, 0.1) is 19.2 Å². The molecule has 1 aromatic heterocycles. The summed E-state index contributed by atoms with van der Waals surface area (Å²) in [5.41, 5.74) is 4.90. The molecule has 0 amide bonds. The summed E-state index contributed by atoms with van der Waals surface area (Å²) >= 11 is 0. The van der Waals surface area contributed by atoms with Crippen molar-refractivity contribution < 1.29 is 4.74 Å². The third kappa shape index (κ3) is 3.36. The molecule has 0 bridgehead atoms. The van der Waals surface area contributed by atoms with Gasteiger partial charge in [-0.05, 0) is 40.8 Å². The molecule has 1 N–H and O–H groups in total. The van der Waals surface area contributed by atoms with Crippen molar-refractivity contribution in [3.05, 3.63) is 96.3 Å². The molecule has 0 unspecified atom stereocenters.